The largest absolute Gasteiger partial charge is 0.368 e. The van der Waals surface area contributed by atoms with Crippen LogP contribution in [0.2, 0.25) is 0 Å². The van der Waals surface area contributed by atoms with Crippen molar-refractivity contribution in [2.75, 3.05) is 11.4 Å². The average Bonchev–Trinajstić information content (AvgIpc) is 2.42. The Balaban J connectivity index is 3.07. The third-order valence-electron chi connectivity index (χ3n) is 3.25. The molecular formula is C15H21N3O2. The van der Waals surface area contributed by atoms with Crippen LogP contribution in [0.25, 0.3) is 0 Å². The fraction of sp³-hybridized carbons (Fsp3) is 0.533. The first-order chi connectivity index (χ1) is 9.51. The molecule has 1 aromatic rings. The smallest absolute Gasteiger partial charge is 0.270 e. The van der Waals surface area contributed by atoms with E-state index in [1.54, 1.807) is 6.07 Å². The SMILES string of the molecule is CCCCCN(c1ccc([N+](=O)[O-])cc1C#N)C(C)C. The molecule has 5 heteroatoms. The maximum Gasteiger partial charge on any atom is 0.270 e. The fourth-order valence-electron chi connectivity index (χ4n) is 2.17. The average molecular weight is 275 g/mol. The van der Waals surface area contributed by atoms with Gasteiger partial charge in [0.25, 0.3) is 5.69 Å². The Morgan fingerprint density at radius 1 is 1.40 bits per heavy atom. The number of benzene rings is 1. The number of hydrogen-bond donors (Lipinski definition) is 0. The van der Waals surface area contributed by atoms with Gasteiger partial charge in [0.1, 0.15) is 6.07 Å². The zero-order valence-electron chi connectivity index (χ0n) is 12.3. The van der Waals surface area contributed by atoms with Gasteiger partial charge in [-0.15, -0.1) is 0 Å². The van der Waals surface area contributed by atoms with Crippen LogP contribution >= 0.6 is 0 Å². The molecule has 0 radical (unpaired) electrons. The minimum absolute atomic E-state index is 0.0393. The summed E-state index contributed by atoms with van der Waals surface area (Å²) in [6, 6.07) is 6.82. The second-order valence-corrected chi connectivity index (χ2v) is 5.06. The molecule has 1 aromatic carbocycles. The van der Waals surface area contributed by atoms with E-state index in [1.807, 2.05) is 0 Å². The van der Waals surface area contributed by atoms with E-state index in [0.717, 1.165) is 31.5 Å². The first kappa shape index (κ1) is 16.0. The zero-order chi connectivity index (χ0) is 15.1. The van der Waals surface area contributed by atoms with Gasteiger partial charge in [-0.3, -0.25) is 10.1 Å². The predicted molar refractivity (Wildman–Crippen MR) is 79.8 cm³/mol. The van der Waals surface area contributed by atoms with Crippen molar-refractivity contribution in [1.29, 1.82) is 5.26 Å². The maximum absolute atomic E-state index is 10.8. The van der Waals surface area contributed by atoms with Crippen LogP contribution in [-0.4, -0.2) is 17.5 Å². The molecule has 0 spiro atoms. The summed E-state index contributed by atoms with van der Waals surface area (Å²) in [4.78, 5) is 12.4. The monoisotopic (exact) mass is 275 g/mol. The van der Waals surface area contributed by atoms with Crippen molar-refractivity contribution in [2.24, 2.45) is 0 Å². The molecule has 0 aromatic heterocycles. The van der Waals surface area contributed by atoms with Crippen molar-refractivity contribution in [3.63, 3.8) is 0 Å². The summed E-state index contributed by atoms with van der Waals surface area (Å²) in [6.45, 7) is 7.13. The molecule has 0 saturated carbocycles. The van der Waals surface area contributed by atoms with Gasteiger partial charge >= 0.3 is 0 Å². The molecule has 0 atom stereocenters. The van der Waals surface area contributed by atoms with Gasteiger partial charge in [-0.25, -0.2) is 0 Å². The van der Waals surface area contributed by atoms with E-state index in [4.69, 9.17) is 0 Å². The Labute approximate surface area is 120 Å². The number of nitriles is 1. The third kappa shape index (κ3) is 3.95. The molecule has 0 amide bonds. The molecule has 0 fully saturated rings. The molecule has 108 valence electrons. The van der Waals surface area contributed by atoms with Crippen LogP contribution in [-0.2, 0) is 0 Å². The Morgan fingerprint density at radius 2 is 2.10 bits per heavy atom. The molecule has 1 rings (SSSR count). The zero-order valence-corrected chi connectivity index (χ0v) is 12.3. The van der Waals surface area contributed by atoms with Gasteiger partial charge in [0.05, 0.1) is 16.2 Å². The van der Waals surface area contributed by atoms with Crippen LogP contribution in [0, 0.1) is 21.4 Å². The molecular weight excluding hydrogens is 254 g/mol. The molecule has 0 unspecified atom stereocenters. The highest BCUT2D eigenvalue weighted by molar-refractivity contribution is 5.63. The first-order valence-corrected chi connectivity index (χ1v) is 6.96. The van der Waals surface area contributed by atoms with Crippen LogP contribution in [0.5, 0.6) is 0 Å². The molecule has 0 N–H and O–H groups in total. The van der Waals surface area contributed by atoms with Crippen molar-refractivity contribution in [3.05, 3.63) is 33.9 Å². The number of hydrogen-bond acceptors (Lipinski definition) is 4. The summed E-state index contributed by atoms with van der Waals surface area (Å²) in [5, 5.41) is 20.0. The van der Waals surface area contributed by atoms with Crippen LogP contribution in [0.15, 0.2) is 18.2 Å². The van der Waals surface area contributed by atoms with E-state index in [1.165, 1.54) is 12.1 Å². The molecule has 5 nitrogen and oxygen atoms in total. The number of unbranched alkanes of at least 4 members (excludes halogenated alkanes) is 2. The minimum atomic E-state index is -0.471. The summed E-state index contributed by atoms with van der Waals surface area (Å²) in [5.74, 6) is 0. The normalized spacial score (nSPS) is 10.3. The Bertz CT molecular complexity index is 506. The van der Waals surface area contributed by atoms with E-state index in [9.17, 15) is 15.4 Å². The molecule has 0 saturated heterocycles. The van der Waals surface area contributed by atoms with Gasteiger partial charge in [0, 0.05) is 24.7 Å². The van der Waals surface area contributed by atoms with Gasteiger partial charge in [-0.1, -0.05) is 19.8 Å². The highest BCUT2D eigenvalue weighted by Crippen LogP contribution is 2.26. The second kappa shape index (κ2) is 7.49. The first-order valence-electron chi connectivity index (χ1n) is 6.96. The van der Waals surface area contributed by atoms with E-state index >= 15 is 0 Å². The second-order valence-electron chi connectivity index (χ2n) is 5.06. The Hall–Kier alpha value is -2.09. The summed E-state index contributed by atoms with van der Waals surface area (Å²) >= 11 is 0. The van der Waals surface area contributed by atoms with Gasteiger partial charge in [0.15, 0.2) is 0 Å². The summed E-state index contributed by atoms with van der Waals surface area (Å²) in [6.07, 6.45) is 3.33. The lowest BCUT2D eigenvalue weighted by Gasteiger charge is -2.29. The summed E-state index contributed by atoms with van der Waals surface area (Å²) < 4.78 is 0. The lowest BCUT2D eigenvalue weighted by molar-refractivity contribution is -0.384. The standard InChI is InChI=1S/C15H21N3O2/c1-4-5-6-9-17(12(2)3)15-8-7-14(18(19)20)10-13(15)11-16/h7-8,10,12H,4-6,9H2,1-3H3. The van der Waals surface area contributed by atoms with E-state index in [0.29, 0.717) is 5.56 Å². The Morgan fingerprint density at radius 3 is 2.60 bits per heavy atom. The van der Waals surface area contributed by atoms with E-state index in [2.05, 4.69) is 31.7 Å². The van der Waals surface area contributed by atoms with E-state index < -0.39 is 4.92 Å². The van der Waals surface area contributed by atoms with Crippen LogP contribution < -0.4 is 4.90 Å². The molecule has 0 aliphatic heterocycles. The number of nitrogens with zero attached hydrogens (tertiary/aromatic N) is 3. The van der Waals surface area contributed by atoms with Gasteiger partial charge in [-0.05, 0) is 26.3 Å². The molecule has 0 heterocycles. The summed E-state index contributed by atoms with van der Waals surface area (Å²) in [5.41, 5.74) is 1.11. The topological polar surface area (TPSA) is 70.2 Å². The van der Waals surface area contributed by atoms with Crippen molar-refractivity contribution in [2.45, 2.75) is 46.1 Å². The number of nitro benzene ring substituents is 1. The number of non-ortho nitro benzene ring substituents is 1. The predicted octanol–water partition coefficient (Wildman–Crippen LogP) is 3.87. The molecule has 0 bridgehead atoms. The van der Waals surface area contributed by atoms with Gasteiger partial charge in [-0.2, -0.15) is 5.26 Å². The summed E-state index contributed by atoms with van der Waals surface area (Å²) in [7, 11) is 0. The molecule has 20 heavy (non-hydrogen) atoms. The third-order valence-corrected chi connectivity index (χ3v) is 3.25. The lowest BCUT2D eigenvalue weighted by Crippen LogP contribution is -2.32. The Kier molecular flexibility index (Phi) is 5.98. The number of rotatable bonds is 7. The highest BCUT2D eigenvalue weighted by atomic mass is 16.6. The van der Waals surface area contributed by atoms with Crippen LogP contribution in [0.4, 0.5) is 11.4 Å². The minimum Gasteiger partial charge on any atom is -0.368 e. The molecule has 0 aliphatic rings. The van der Waals surface area contributed by atoms with Crippen molar-refractivity contribution < 1.29 is 4.92 Å². The van der Waals surface area contributed by atoms with E-state index in [-0.39, 0.29) is 11.7 Å². The van der Waals surface area contributed by atoms with Crippen LogP contribution in [0.1, 0.15) is 45.6 Å². The lowest BCUT2D eigenvalue weighted by atomic mass is 10.1. The number of nitro groups is 1. The number of anilines is 1. The van der Waals surface area contributed by atoms with Crippen molar-refractivity contribution >= 4 is 11.4 Å². The quantitative estimate of drug-likeness (QED) is 0.430. The van der Waals surface area contributed by atoms with Gasteiger partial charge < -0.3 is 4.90 Å². The van der Waals surface area contributed by atoms with Crippen LogP contribution in [0.3, 0.4) is 0 Å². The van der Waals surface area contributed by atoms with Gasteiger partial charge in [0.2, 0.25) is 0 Å². The van der Waals surface area contributed by atoms with Crippen molar-refractivity contribution in [1.82, 2.24) is 0 Å². The fourth-order valence-corrected chi connectivity index (χ4v) is 2.17. The maximum atomic E-state index is 10.8. The molecule has 0 aliphatic carbocycles. The highest BCUT2D eigenvalue weighted by Gasteiger charge is 2.17. The van der Waals surface area contributed by atoms with Crippen molar-refractivity contribution in [3.8, 4) is 6.07 Å².